The fourth-order valence-corrected chi connectivity index (χ4v) is 1.34. The molecular weight excluding hydrogens is 158 g/mol. The number of hydrogen-bond acceptors (Lipinski definition) is 3. The molecule has 0 radical (unpaired) electrons. The SMILES string of the molecule is NC(=O)CC(N)N1CCCC1=O. The first-order chi connectivity index (χ1) is 5.61. The monoisotopic (exact) mass is 171 g/mol. The van der Waals surface area contributed by atoms with E-state index in [2.05, 4.69) is 0 Å². The lowest BCUT2D eigenvalue weighted by Gasteiger charge is -2.22. The van der Waals surface area contributed by atoms with Crippen LogP contribution in [0.2, 0.25) is 0 Å². The minimum absolute atomic E-state index is 0.0174. The second-order valence-electron chi connectivity index (χ2n) is 2.93. The van der Waals surface area contributed by atoms with Gasteiger partial charge in [0.25, 0.3) is 0 Å². The Kier molecular flexibility index (Phi) is 2.65. The molecule has 0 spiro atoms. The van der Waals surface area contributed by atoms with Gasteiger partial charge in [0.2, 0.25) is 11.8 Å². The van der Waals surface area contributed by atoms with Crippen molar-refractivity contribution < 1.29 is 9.59 Å². The predicted octanol–water partition coefficient (Wildman–Crippen LogP) is -1.23. The molecule has 1 fully saturated rings. The van der Waals surface area contributed by atoms with Gasteiger partial charge >= 0.3 is 0 Å². The van der Waals surface area contributed by atoms with Gasteiger partial charge in [-0.1, -0.05) is 0 Å². The molecule has 1 rings (SSSR count). The number of rotatable bonds is 3. The average molecular weight is 171 g/mol. The maximum atomic E-state index is 11.1. The summed E-state index contributed by atoms with van der Waals surface area (Å²) in [7, 11) is 0. The zero-order valence-electron chi connectivity index (χ0n) is 6.82. The molecule has 2 amide bonds. The molecule has 1 atom stereocenters. The normalized spacial score (nSPS) is 19.8. The molecule has 68 valence electrons. The Balaban J connectivity index is 2.45. The molecule has 1 aliphatic rings. The van der Waals surface area contributed by atoms with Crippen molar-refractivity contribution in [1.29, 1.82) is 0 Å². The van der Waals surface area contributed by atoms with Crippen molar-refractivity contribution in [2.75, 3.05) is 6.54 Å². The fourth-order valence-electron chi connectivity index (χ4n) is 1.34. The molecule has 0 aliphatic carbocycles. The van der Waals surface area contributed by atoms with E-state index in [1.165, 1.54) is 4.90 Å². The number of carbonyl (C=O) groups is 2. The van der Waals surface area contributed by atoms with Gasteiger partial charge in [0, 0.05) is 13.0 Å². The van der Waals surface area contributed by atoms with Crippen LogP contribution < -0.4 is 11.5 Å². The van der Waals surface area contributed by atoms with Gasteiger partial charge in [-0.2, -0.15) is 0 Å². The van der Waals surface area contributed by atoms with Crippen molar-refractivity contribution in [1.82, 2.24) is 4.90 Å². The molecule has 5 nitrogen and oxygen atoms in total. The first kappa shape index (κ1) is 8.99. The van der Waals surface area contributed by atoms with Crippen LogP contribution in [0.4, 0.5) is 0 Å². The van der Waals surface area contributed by atoms with Crippen molar-refractivity contribution in [3.63, 3.8) is 0 Å². The molecular formula is C7H13N3O2. The van der Waals surface area contributed by atoms with Gasteiger partial charge in [0.05, 0.1) is 12.6 Å². The number of amides is 2. The lowest BCUT2D eigenvalue weighted by atomic mass is 10.3. The van der Waals surface area contributed by atoms with Gasteiger partial charge in [-0.05, 0) is 6.42 Å². The number of carbonyl (C=O) groups excluding carboxylic acids is 2. The Bertz CT molecular complexity index is 205. The first-order valence-corrected chi connectivity index (χ1v) is 3.94. The summed E-state index contributed by atoms with van der Waals surface area (Å²) in [6, 6.07) is 0. The van der Waals surface area contributed by atoms with Gasteiger partial charge in [-0.3, -0.25) is 9.59 Å². The molecule has 1 heterocycles. The third kappa shape index (κ3) is 1.94. The molecule has 1 unspecified atom stereocenters. The van der Waals surface area contributed by atoms with E-state index in [0.717, 1.165) is 6.42 Å². The van der Waals surface area contributed by atoms with Crippen LogP contribution in [0.1, 0.15) is 19.3 Å². The minimum Gasteiger partial charge on any atom is -0.370 e. The number of hydrogen-bond donors (Lipinski definition) is 2. The molecule has 1 saturated heterocycles. The summed E-state index contributed by atoms with van der Waals surface area (Å²) in [4.78, 5) is 23.1. The van der Waals surface area contributed by atoms with E-state index in [4.69, 9.17) is 11.5 Å². The number of nitrogens with zero attached hydrogens (tertiary/aromatic N) is 1. The molecule has 0 aromatic carbocycles. The Labute approximate surface area is 70.7 Å². The number of nitrogens with two attached hydrogens (primary N) is 2. The summed E-state index contributed by atoms with van der Waals surface area (Å²) in [6.45, 7) is 0.646. The molecule has 5 heteroatoms. The van der Waals surface area contributed by atoms with Gasteiger partial charge < -0.3 is 16.4 Å². The van der Waals surface area contributed by atoms with Gasteiger partial charge in [0.1, 0.15) is 0 Å². The van der Waals surface area contributed by atoms with Crippen LogP contribution in [0.15, 0.2) is 0 Å². The topological polar surface area (TPSA) is 89.4 Å². The minimum atomic E-state index is -0.530. The Morgan fingerprint density at radius 3 is 2.75 bits per heavy atom. The molecule has 0 bridgehead atoms. The van der Waals surface area contributed by atoms with Crippen LogP contribution in [0.3, 0.4) is 0 Å². The van der Waals surface area contributed by atoms with E-state index in [9.17, 15) is 9.59 Å². The van der Waals surface area contributed by atoms with Gasteiger partial charge in [-0.15, -0.1) is 0 Å². The van der Waals surface area contributed by atoms with E-state index >= 15 is 0 Å². The lowest BCUT2D eigenvalue weighted by Crippen LogP contribution is -2.45. The number of likely N-dealkylation sites (tertiary alicyclic amines) is 1. The predicted molar refractivity (Wildman–Crippen MR) is 42.7 cm³/mol. The molecule has 12 heavy (non-hydrogen) atoms. The maximum absolute atomic E-state index is 11.1. The van der Waals surface area contributed by atoms with E-state index in [1.54, 1.807) is 0 Å². The van der Waals surface area contributed by atoms with Crippen LogP contribution in [0, 0.1) is 0 Å². The van der Waals surface area contributed by atoms with Crippen LogP contribution in [-0.2, 0) is 9.59 Å². The summed E-state index contributed by atoms with van der Waals surface area (Å²) in [5.74, 6) is -0.453. The van der Waals surface area contributed by atoms with Crippen molar-refractivity contribution in [3.8, 4) is 0 Å². The number of primary amides is 1. The van der Waals surface area contributed by atoms with E-state index in [-0.39, 0.29) is 12.3 Å². The van der Waals surface area contributed by atoms with Crippen molar-refractivity contribution in [2.45, 2.75) is 25.4 Å². The molecule has 0 saturated carbocycles. The van der Waals surface area contributed by atoms with E-state index in [0.29, 0.717) is 13.0 Å². The van der Waals surface area contributed by atoms with Crippen molar-refractivity contribution in [2.24, 2.45) is 11.5 Å². The largest absolute Gasteiger partial charge is 0.370 e. The molecule has 4 N–H and O–H groups in total. The van der Waals surface area contributed by atoms with Crippen LogP contribution >= 0.6 is 0 Å². The molecule has 0 aromatic heterocycles. The summed E-state index contributed by atoms with van der Waals surface area (Å²) in [5.41, 5.74) is 10.5. The Morgan fingerprint density at radius 1 is 1.67 bits per heavy atom. The first-order valence-electron chi connectivity index (χ1n) is 3.94. The summed E-state index contributed by atoms with van der Waals surface area (Å²) < 4.78 is 0. The maximum Gasteiger partial charge on any atom is 0.223 e. The molecule has 1 aliphatic heterocycles. The second kappa shape index (κ2) is 3.53. The molecule has 0 aromatic rings. The summed E-state index contributed by atoms with van der Waals surface area (Å²) in [5, 5.41) is 0. The standard InChI is InChI=1S/C7H13N3O2/c8-5(4-6(9)11)10-3-1-2-7(10)12/h5H,1-4,8H2,(H2,9,11). The highest BCUT2D eigenvalue weighted by Gasteiger charge is 2.25. The lowest BCUT2D eigenvalue weighted by molar-refractivity contribution is -0.130. The van der Waals surface area contributed by atoms with Crippen LogP contribution in [0.25, 0.3) is 0 Å². The smallest absolute Gasteiger partial charge is 0.223 e. The fraction of sp³-hybridized carbons (Fsp3) is 0.714. The zero-order valence-corrected chi connectivity index (χ0v) is 6.82. The van der Waals surface area contributed by atoms with Gasteiger partial charge in [0.15, 0.2) is 0 Å². The summed E-state index contributed by atoms with van der Waals surface area (Å²) in [6.07, 6.45) is 0.876. The van der Waals surface area contributed by atoms with Crippen LogP contribution in [-0.4, -0.2) is 29.4 Å². The summed E-state index contributed by atoms with van der Waals surface area (Å²) >= 11 is 0. The highest BCUT2D eigenvalue weighted by atomic mass is 16.2. The van der Waals surface area contributed by atoms with Gasteiger partial charge in [-0.25, -0.2) is 0 Å². The Morgan fingerprint density at radius 2 is 2.33 bits per heavy atom. The second-order valence-corrected chi connectivity index (χ2v) is 2.93. The highest BCUT2D eigenvalue weighted by molar-refractivity contribution is 5.80. The third-order valence-electron chi connectivity index (χ3n) is 1.92. The zero-order chi connectivity index (χ0) is 9.14. The van der Waals surface area contributed by atoms with E-state index < -0.39 is 12.1 Å². The van der Waals surface area contributed by atoms with Crippen LogP contribution in [0.5, 0.6) is 0 Å². The quantitative estimate of drug-likeness (QED) is 0.557. The van der Waals surface area contributed by atoms with Crippen molar-refractivity contribution in [3.05, 3.63) is 0 Å². The average Bonchev–Trinajstić information content (AvgIpc) is 2.33. The highest BCUT2D eigenvalue weighted by Crippen LogP contribution is 2.12. The van der Waals surface area contributed by atoms with Crippen molar-refractivity contribution >= 4 is 11.8 Å². The Hall–Kier alpha value is -1.10. The van der Waals surface area contributed by atoms with E-state index in [1.807, 2.05) is 0 Å². The third-order valence-corrected chi connectivity index (χ3v) is 1.92.